The van der Waals surface area contributed by atoms with E-state index in [2.05, 4.69) is 5.92 Å². The molecule has 0 atom stereocenters. The van der Waals surface area contributed by atoms with Gasteiger partial charge in [-0.15, -0.1) is 6.42 Å². The monoisotopic (exact) mass is 426 g/mol. The van der Waals surface area contributed by atoms with E-state index in [1.165, 1.54) is 0 Å². The highest BCUT2D eigenvalue weighted by atomic mass is 16.5. The van der Waals surface area contributed by atoms with Crippen molar-refractivity contribution < 1.29 is 28.5 Å². The smallest absolute Gasteiger partial charge is 0.343 e. The molecule has 158 valence electrons. The lowest BCUT2D eigenvalue weighted by Gasteiger charge is -2.13. The molecule has 6 nitrogen and oxygen atoms in total. The van der Waals surface area contributed by atoms with Crippen LogP contribution in [0.25, 0.3) is 6.08 Å². The second kappa shape index (κ2) is 9.54. The van der Waals surface area contributed by atoms with Crippen LogP contribution in [0.3, 0.4) is 0 Å². The van der Waals surface area contributed by atoms with Gasteiger partial charge in [-0.1, -0.05) is 12.0 Å². The first-order valence-corrected chi connectivity index (χ1v) is 9.76. The molecule has 1 aliphatic rings. The van der Waals surface area contributed by atoms with Crippen LogP contribution < -0.4 is 18.9 Å². The van der Waals surface area contributed by atoms with Crippen LogP contribution in [0, 0.1) is 12.3 Å². The van der Waals surface area contributed by atoms with Gasteiger partial charge < -0.3 is 18.9 Å². The Hall–Kier alpha value is -4.50. The van der Waals surface area contributed by atoms with Gasteiger partial charge in [0.2, 0.25) is 0 Å². The zero-order valence-electron chi connectivity index (χ0n) is 16.9. The maximum atomic E-state index is 12.4. The van der Waals surface area contributed by atoms with Crippen molar-refractivity contribution in [2.24, 2.45) is 0 Å². The van der Waals surface area contributed by atoms with Gasteiger partial charge in [-0.3, -0.25) is 0 Å². The van der Waals surface area contributed by atoms with Crippen LogP contribution in [0.1, 0.15) is 26.3 Å². The maximum absolute atomic E-state index is 12.4. The highest BCUT2D eigenvalue weighted by Gasteiger charge is 2.14. The summed E-state index contributed by atoms with van der Waals surface area (Å²) < 4.78 is 21.5. The molecule has 0 aromatic heterocycles. The summed E-state index contributed by atoms with van der Waals surface area (Å²) in [4.78, 5) is 24.8. The molecule has 3 aromatic rings. The molecule has 4 rings (SSSR count). The van der Waals surface area contributed by atoms with E-state index in [4.69, 9.17) is 25.4 Å². The summed E-state index contributed by atoms with van der Waals surface area (Å²) in [5, 5.41) is 0. The number of fused-ring (bicyclic) bond motifs is 1. The number of terminal acetylenes is 1. The highest BCUT2D eigenvalue weighted by molar-refractivity contribution is 5.92. The van der Waals surface area contributed by atoms with Crippen molar-refractivity contribution in [3.8, 4) is 35.3 Å². The average Bonchev–Trinajstić information content (AvgIpc) is 2.84. The quantitative estimate of drug-likeness (QED) is 0.327. The molecule has 32 heavy (non-hydrogen) atoms. The standard InChI is InChI=1S/C26H18O6/c1-2-15-29-21-8-5-18(6-9-21)25(27)31-22-10-12-23(13-11-22)32-26(28)20-7-14-24-19(17-20)4-3-16-30-24/h1,3-14,17H,15-16H2. The normalized spacial score (nSPS) is 11.5. The summed E-state index contributed by atoms with van der Waals surface area (Å²) in [6.07, 6.45) is 8.92. The Morgan fingerprint density at radius 2 is 1.44 bits per heavy atom. The molecule has 0 radical (unpaired) electrons. The molecular weight excluding hydrogens is 408 g/mol. The van der Waals surface area contributed by atoms with E-state index in [0.717, 1.165) is 11.3 Å². The van der Waals surface area contributed by atoms with Crippen LogP contribution in [-0.4, -0.2) is 25.2 Å². The lowest BCUT2D eigenvalue weighted by Crippen LogP contribution is -2.10. The average molecular weight is 426 g/mol. The molecule has 1 heterocycles. The van der Waals surface area contributed by atoms with E-state index >= 15 is 0 Å². The predicted molar refractivity (Wildman–Crippen MR) is 118 cm³/mol. The molecule has 6 heteroatoms. The van der Waals surface area contributed by atoms with Gasteiger partial charge in [-0.25, -0.2) is 9.59 Å². The largest absolute Gasteiger partial charge is 0.489 e. The van der Waals surface area contributed by atoms with Crippen molar-refractivity contribution >= 4 is 18.0 Å². The molecule has 0 saturated heterocycles. The molecule has 0 fully saturated rings. The molecule has 0 N–H and O–H groups in total. The van der Waals surface area contributed by atoms with Gasteiger partial charge in [-0.2, -0.15) is 0 Å². The summed E-state index contributed by atoms with van der Waals surface area (Å²) >= 11 is 0. The van der Waals surface area contributed by atoms with E-state index < -0.39 is 11.9 Å². The number of benzene rings is 3. The summed E-state index contributed by atoms with van der Waals surface area (Å²) in [5.74, 6) is 3.28. The SMILES string of the molecule is C#CCOc1ccc(C(=O)Oc2ccc(OC(=O)c3ccc4c(c3)C=CCO4)cc2)cc1. The van der Waals surface area contributed by atoms with Crippen molar-refractivity contribution in [1.82, 2.24) is 0 Å². The molecule has 0 unspecified atom stereocenters. The topological polar surface area (TPSA) is 71.1 Å². The van der Waals surface area contributed by atoms with E-state index in [1.807, 2.05) is 12.2 Å². The minimum absolute atomic E-state index is 0.151. The van der Waals surface area contributed by atoms with E-state index in [1.54, 1.807) is 66.7 Å². The van der Waals surface area contributed by atoms with Crippen LogP contribution in [0.2, 0.25) is 0 Å². The molecule has 1 aliphatic heterocycles. The third kappa shape index (κ3) is 4.97. The van der Waals surface area contributed by atoms with Crippen molar-refractivity contribution in [3.05, 3.63) is 89.5 Å². The van der Waals surface area contributed by atoms with Gasteiger partial charge in [0.15, 0.2) is 0 Å². The fraction of sp³-hybridized carbons (Fsp3) is 0.0769. The van der Waals surface area contributed by atoms with Crippen LogP contribution in [-0.2, 0) is 0 Å². The Bertz CT molecular complexity index is 1200. The third-order valence-electron chi connectivity index (χ3n) is 4.53. The van der Waals surface area contributed by atoms with E-state index in [-0.39, 0.29) is 6.61 Å². The minimum Gasteiger partial charge on any atom is -0.489 e. The Labute approximate surface area is 185 Å². The molecule has 0 amide bonds. The second-order valence-electron chi connectivity index (χ2n) is 6.73. The summed E-state index contributed by atoms with van der Waals surface area (Å²) in [6, 6.07) is 17.8. The van der Waals surface area contributed by atoms with Crippen molar-refractivity contribution in [3.63, 3.8) is 0 Å². The lowest BCUT2D eigenvalue weighted by atomic mass is 10.1. The van der Waals surface area contributed by atoms with E-state index in [0.29, 0.717) is 35.0 Å². The number of carbonyl (C=O) groups is 2. The minimum atomic E-state index is -0.525. The molecule has 0 saturated carbocycles. The van der Waals surface area contributed by atoms with Crippen LogP contribution >= 0.6 is 0 Å². The highest BCUT2D eigenvalue weighted by Crippen LogP contribution is 2.26. The first-order valence-electron chi connectivity index (χ1n) is 9.76. The Morgan fingerprint density at radius 1 is 0.844 bits per heavy atom. The second-order valence-corrected chi connectivity index (χ2v) is 6.73. The number of esters is 2. The number of carbonyl (C=O) groups excluding carboxylic acids is 2. The number of rotatable bonds is 6. The number of hydrogen-bond acceptors (Lipinski definition) is 6. The zero-order chi connectivity index (χ0) is 22.3. The van der Waals surface area contributed by atoms with Crippen LogP contribution in [0.4, 0.5) is 0 Å². The molecule has 0 aliphatic carbocycles. The van der Waals surface area contributed by atoms with Gasteiger partial charge >= 0.3 is 11.9 Å². The Balaban J connectivity index is 1.36. The van der Waals surface area contributed by atoms with Crippen molar-refractivity contribution in [2.75, 3.05) is 13.2 Å². The van der Waals surface area contributed by atoms with Crippen molar-refractivity contribution in [2.45, 2.75) is 0 Å². The fourth-order valence-electron chi connectivity index (χ4n) is 2.97. The molecule has 0 spiro atoms. The fourth-order valence-corrected chi connectivity index (χ4v) is 2.97. The van der Waals surface area contributed by atoms with Gasteiger partial charge in [0.25, 0.3) is 0 Å². The Morgan fingerprint density at radius 3 is 2.09 bits per heavy atom. The van der Waals surface area contributed by atoms with Gasteiger partial charge in [0, 0.05) is 5.56 Å². The van der Waals surface area contributed by atoms with Gasteiger partial charge in [0.05, 0.1) is 11.1 Å². The first kappa shape index (κ1) is 20.8. The summed E-state index contributed by atoms with van der Waals surface area (Å²) in [7, 11) is 0. The lowest BCUT2D eigenvalue weighted by molar-refractivity contribution is 0.0719. The third-order valence-corrected chi connectivity index (χ3v) is 4.53. The predicted octanol–water partition coefficient (Wildman–Crippen LogP) is 4.54. The van der Waals surface area contributed by atoms with Crippen LogP contribution in [0.15, 0.2) is 72.8 Å². The van der Waals surface area contributed by atoms with Crippen molar-refractivity contribution in [1.29, 1.82) is 0 Å². The zero-order valence-corrected chi connectivity index (χ0v) is 16.9. The summed E-state index contributed by atoms with van der Waals surface area (Å²) in [5.41, 5.74) is 1.59. The molecule has 3 aromatic carbocycles. The Kier molecular flexibility index (Phi) is 6.19. The molecule has 0 bridgehead atoms. The molecular formula is C26H18O6. The van der Waals surface area contributed by atoms with Gasteiger partial charge in [0.1, 0.15) is 36.2 Å². The van der Waals surface area contributed by atoms with E-state index in [9.17, 15) is 9.59 Å². The number of hydrogen-bond donors (Lipinski definition) is 0. The van der Waals surface area contributed by atoms with Gasteiger partial charge in [-0.05, 0) is 72.8 Å². The number of ether oxygens (including phenoxy) is 4. The maximum Gasteiger partial charge on any atom is 0.343 e. The summed E-state index contributed by atoms with van der Waals surface area (Å²) in [6.45, 7) is 0.665. The first-order chi connectivity index (χ1) is 15.6. The van der Waals surface area contributed by atoms with Crippen LogP contribution in [0.5, 0.6) is 23.0 Å².